The molecule has 198 valence electrons. The first-order chi connectivity index (χ1) is 20.9. The first kappa shape index (κ1) is 24.4. The molecule has 1 heteroatoms. The lowest BCUT2D eigenvalue weighted by Crippen LogP contribution is -2.19. The van der Waals surface area contributed by atoms with E-state index in [1.807, 2.05) is 0 Å². The van der Waals surface area contributed by atoms with E-state index >= 15 is 0 Å². The Labute approximate surface area is 246 Å². The maximum Gasteiger partial charge on any atom is 0.0774 e. The molecule has 0 aliphatic carbocycles. The summed E-state index contributed by atoms with van der Waals surface area (Å²) in [5.74, 6) is 0. The number of rotatable bonds is 4. The minimum Gasteiger partial charge on any atom is -0.380 e. The van der Waals surface area contributed by atoms with Crippen LogP contribution in [-0.4, -0.2) is 0 Å². The van der Waals surface area contributed by atoms with E-state index in [9.17, 15) is 0 Å². The Morgan fingerprint density at radius 3 is 1.60 bits per heavy atom. The summed E-state index contributed by atoms with van der Waals surface area (Å²) in [7, 11) is 0. The third-order valence-corrected chi connectivity index (χ3v) is 8.58. The average Bonchev–Trinajstić information content (AvgIpc) is 3.07. The summed E-state index contributed by atoms with van der Waals surface area (Å²) in [5, 5.41) is 11.3. The number of fused-ring (bicyclic) bond motifs is 3. The van der Waals surface area contributed by atoms with Crippen LogP contribution in [0.4, 0.5) is 0 Å². The van der Waals surface area contributed by atoms with E-state index in [1.165, 1.54) is 71.3 Å². The Morgan fingerprint density at radius 1 is 0.405 bits per heavy atom. The molecule has 0 amide bonds. The van der Waals surface area contributed by atoms with Gasteiger partial charge in [0.1, 0.15) is 0 Å². The molecule has 1 N–H and O–H groups in total. The second-order valence-electron chi connectivity index (χ2n) is 10.9. The highest BCUT2D eigenvalue weighted by Gasteiger charge is 2.22. The standard InChI is InChI=1S/C41H29N/c1-3-14-28(15-4-1)30-26-13-27-42-41(30)38-25-12-22-31-32(38)23-11-24-33(31)40-36-20-9-7-18-34(36)39(29-16-5-2-6-17-29)35-19-8-10-21-37(35)40/h1-27,41-42H. The van der Waals surface area contributed by atoms with Gasteiger partial charge < -0.3 is 5.32 Å². The van der Waals surface area contributed by atoms with Crippen molar-refractivity contribution in [3.05, 3.63) is 175 Å². The lowest BCUT2D eigenvalue weighted by molar-refractivity contribution is 0.771. The third kappa shape index (κ3) is 3.94. The lowest BCUT2D eigenvalue weighted by atomic mass is 9.83. The molecule has 7 aromatic rings. The van der Waals surface area contributed by atoms with Gasteiger partial charge in [-0.3, -0.25) is 0 Å². The summed E-state index contributed by atoms with van der Waals surface area (Å²) in [5.41, 5.74) is 8.89. The van der Waals surface area contributed by atoms with Crippen molar-refractivity contribution in [3.63, 3.8) is 0 Å². The molecular formula is C41H29N. The summed E-state index contributed by atoms with van der Waals surface area (Å²) >= 11 is 0. The van der Waals surface area contributed by atoms with Crippen LogP contribution in [0.15, 0.2) is 164 Å². The topological polar surface area (TPSA) is 12.0 Å². The van der Waals surface area contributed by atoms with Gasteiger partial charge in [-0.05, 0) is 83.5 Å². The minimum atomic E-state index is 0.0605. The molecule has 1 atom stereocenters. The Morgan fingerprint density at radius 2 is 0.929 bits per heavy atom. The van der Waals surface area contributed by atoms with Crippen molar-refractivity contribution in [1.82, 2.24) is 5.32 Å². The van der Waals surface area contributed by atoms with Crippen LogP contribution in [0.25, 0.3) is 60.1 Å². The maximum absolute atomic E-state index is 3.67. The third-order valence-electron chi connectivity index (χ3n) is 8.58. The van der Waals surface area contributed by atoms with Crippen molar-refractivity contribution in [2.24, 2.45) is 0 Å². The van der Waals surface area contributed by atoms with Crippen LogP contribution in [0.5, 0.6) is 0 Å². The fourth-order valence-electron chi connectivity index (χ4n) is 6.78. The monoisotopic (exact) mass is 535 g/mol. The molecule has 42 heavy (non-hydrogen) atoms. The summed E-state index contributed by atoms with van der Waals surface area (Å²) < 4.78 is 0. The van der Waals surface area contributed by atoms with Gasteiger partial charge in [0.05, 0.1) is 6.04 Å². The highest BCUT2D eigenvalue weighted by Crippen LogP contribution is 2.46. The van der Waals surface area contributed by atoms with E-state index in [2.05, 4.69) is 169 Å². The zero-order valence-corrected chi connectivity index (χ0v) is 23.2. The van der Waals surface area contributed by atoms with Crippen LogP contribution in [0, 0.1) is 0 Å². The molecule has 8 rings (SSSR count). The second kappa shape index (κ2) is 10.2. The second-order valence-corrected chi connectivity index (χ2v) is 10.9. The number of nitrogens with one attached hydrogen (secondary N) is 1. The van der Waals surface area contributed by atoms with Gasteiger partial charge in [0.25, 0.3) is 0 Å². The van der Waals surface area contributed by atoms with Crippen LogP contribution < -0.4 is 5.32 Å². The van der Waals surface area contributed by atoms with E-state index in [-0.39, 0.29) is 6.04 Å². The number of allylic oxidation sites excluding steroid dienone is 2. The molecule has 1 aliphatic rings. The van der Waals surface area contributed by atoms with Crippen LogP contribution in [0.3, 0.4) is 0 Å². The summed E-state index contributed by atoms with van der Waals surface area (Å²) in [4.78, 5) is 0. The van der Waals surface area contributed by atoms with Gasteiger partial charge in [-0.15, -0.1) is 0 Å². The van der Waals surface area contributed by atoms with Crippen molar-refractivity contribution in [3.8, 4) is 22.3 Å². The number of hydrogen-bond donors (Lipinski definition) is 1. The predicted octanol–water partition coefficient (Wildman–Crippen LogP) is 10.7. The smallest absolute Gasteiger partial charge is 0.0774 e. The van der Waals surface area contributed by atoms with Crippen molar-refractivity contribution >= 4 is 37.9 Å². The Balaban J connectivity index is 1.41. The normalized spacial score (nSPS) is 14.7. The molecule has 1 aliphatic heterocycles. The largest absolute Gasteiger partial charge is 0.380 e. The van der Waals surface area contributed by atoms with Crippen molar-refractivity contribution in [2.75, 3.05) is 0 Å². The van der Waals surface area contributed by atoms with Crippen molar-refractivity contribution in [1.29, 1.82) is 0 Å². The Hall–Kier alpha value is -5.40. The van der Waals surface area contributed by atoms with Crippen LogP contribution in [-0.2, 0) is 0 Å². The molecule has 0 radical (unpaired) electrons. The molecular weight excluding hydrogens is 506 g/mol. The van der Waals surface area contributed by atoms with Gasteiger partial charge in [0.2, 0.25) is 0 Å². The highest BCUT2D eigenvalue weighted by molar-refractivity contribution is 6.23. The Kier molecular flexibility index (Phi) is 5.93. The quantitative estimate of drug-likeness (QED) is 0.221. The zero-order valence-electron chi connectivity index (χ0n) is 23.2. The number of benzene rings is 7. The molecule has 0 fully saturated rings. The predicted molar refractivity (Wildman–Crippen MR) is 179 cm³/mol. The molecule has 0 spiro atoms. The molecule has 7 aromatic carbocycles. The summed E-state index contributed by atoms with van der Waals surface area (Å²) in [6.07, 6.45) is 6.40. The molecule has 0 saturated heterocycles. The Bertz CT molecular complexity index is 2100. The van der Waals surface area contributed by atoms with Gasteiger partial charge in [-0.1, -0.05) is 152 Å². The van der Waals surface area contributed by atoms with E-state index in [1.54, 1.807) is 0 Å². The summed E-state index contributed by atoms with van der Waals surface area (Å²) in [6.45, 7) is 0. The zero-order chi connectivity index (χ0) is 27.9. The van der Waals surface area contributed by atoms with Gasteiger partial charge in [-0.2, -0.15) is 0 Å². The van der Waals surface area contributed by atoms with E-state index in [0.717, 1.165) is 0 Å². The molecule has 0 aromatic heterocycles. The van der Waals surface area contributed by atoms with Crippen molar-refractivity contribution in [2.45, 2.75) is 6.04 Å². The molecule has 1 heterocycles. The highest BCUT2D eigenvalue weighted by atomic mass is 14.9. The first-order valence-corrected chi connectivity index (χ1v) is 14.6. The van der Waals surface area contributed by atoms with Gasteiger partial charge >= 0.3 is 0 Å². The number of dihydropyridines is 1. The maximum atomic E-state index is 3.67. The minimum absolute atomic E-state index is 0.0605. The lowest BCUT2D eigenvalue weighted by Gasteiger charge is -2.26. The van der Waals surface area contributed by atoms with Gasteiger partial charge in [-0.25, -0.2) is 0 Å². The molecule has 0 bridgehead atoms. The fraction of sp³-hybridized carbons (Fsp3) is 0.0244. The molecule has 1 unspecified atom stereocenters. The van der Waals surface area contributed by atoms with Crippen LogP contribution in [0.1, 0.15) is 17.2 Å². The van der Waals surface area contributed by atoms with Crippen molar-refractivity contribution < 1.29 is 0 Å². The average molecular weight is 536 g/mol. The fourth-order valence-corrected chi connectivity index (χ4v) is 6.78. The molecule has 0 saturated carbocycles. The van der Waals surface area contributed by atoms with E-state index in [0.29, 0.717) is 0 Å². The van der Waals surface area contributed by atoms with Gasteiger partial charge in [0, 0.05) is 0 Å². The first-order valence-electron chi connectivity index (χ1n) is 14.6. The summed E-state index contributed by atoms with van der Waals surface area (Å²) in [6, 6.07) is 52.9. The SMILES string of the molecule is C1=CNC(c2cccc3c(-c4c5ccccc5c(-c5ccccc5)c5ccccc45)cccc23)C(c2ccccc2)=C1. The van der Waals surface area contributed by atoms with E-state index < -0.39 is 0 Å². The van der Waals surface area contributed by atoms with Crippen LogP contribution in [0.2, 0.25) is 0 Å². The van der Waals surface area contributed by atoms with Crippen LogP contribution >= 0.6 is 0 Å². The molecule has 1 nitrogen and oxygen atoms in total. The number of hydrogen-bond acceptors (Lipinski definition) is 1. The van der Waals surface area contributed by atoms with E-state index in [4.69, 9.17) is 0 Å². The van der Waals surface area contributed by atoms with Gasteiger partial charge in [0.15, 0.2) is 0 Å².